The van der Waals surface area contributed by atoms with E-state index < -0.39 is 0 Å². The minimum atomic E-state index is -0.0183. The molecule has 0 N–H and O–H groups in total. The molecular formula is C12H18N2O. The second-order valence-electron chi connectivity index (χ2n) is 3.77. The van der Waals surface area contributed by atoms with Crippen molar-refractivity contribution >= 4 is 5.78 Å². The van der Waals surface area contributed by atoms with Crippen molar-refractivity contribution in [3.05, 3.63) is 30.1 Å². The van der Waals surface area contributed by atoms with Gasteiger partial charge in [-0.05, 0) is 25.6 Å². The monoisotopic (exact) mass is 206 g/mol. The predicted molar refractivity (Wildman–Crippen MR) is 60.5 cm³/mol. The number of aromatic nitrogens is 1. The van der Waals surface area contributed by atoms with Gasteiger partial charge in [-0.15, -0.1) is 0 Å². The molecule has 0 spiro atoms. The van der Waals surface area contributed by atoms with Gasteiger partial charge in [-0.1, -0.05) is 13.0 Å². The number of hydrogen-bond donors (Lipinski definition) is 0. The number of rotatable bonds is 5. The van der Waals surface area contributed by atoms with Crippen LogP contribution in [0.25, 0.3) is 0 Å². The van der Waals surface area contributed by atoms with Crippen LogP contribution in [0.3, 0.4) is 0 Å². The zero-order valence-corrected chi connectivity index (χ0v) is 9.60. The molecule has 0 radical (unpaired) electrons. The maximum Gasteiger partial charge on any atom is 0.149 e. The fraction of sp³-hybridized carbons (Fsp3) is 0.500. The van der Waals surface area contributed by atoms with Crippen LogP contribution in [0.5, 0.6) is 0 Å². The lowest BCUT2D eigenvalue weighted by atomic mass is 10.1. The lowest BCUT2D eigenvalue weighted by Gasteiger charge is -2.22. The van der Waals surface area contributed by atoms with E-state index in [0.717, 1.165) is 12.1 Å². The molecule has 0 aromatic carbocycles. The highest BCUT2D eigenvalue weighted by Crippen LogP contribution is 2.06. The number of carbonyl (C=O) groups is 1. The highest BCUT2D eigenvalue weighted by atomic mass is 16.1. The molecule has 15 heavy (non-hydrogen) atoms. The summed E-state index contributed by atoms with van der Waals surface area (Å²) in [5.41, 5.74) is 1.13. The molecule has 0 saturated heterocycles. The van der Waals surface area contributed by atoms with Crippen LogP contribution in [0, 0.1) is 0 Å². The maximum absolute atomic E-state index is 11.5. The van der Waals surface area contributed by atoms with Gasteiger partial charge in [0.15, 0.2) is 0 Å². The van der Waals surface area contributed by atoms with Crippen molar-refractivity contribution in [3.8, 4) is 0 Å². The summed E-state index contributed by atoms with van der Waals surface area (Å²) in [5, 5.41) is 0. The Hall–Kier alpha value is -1.22. The minimum Gasteiger partial charge on any atom is -0.298 e. The number of pyridine rings is 1. The van der Waals surface area contributed by atoms with E-state index in [9.17, 15) is 4.79 Å². The first kappa shape index (κ1) is 11.9. The molecule has 3 heteroatoms. The molecule has 0 aliphatic carbocycles. The Morgan fingerprint density at radius 2 is 2.33 bits per heavy atom. The van der Waals surface area contributed by atoms with Gasteiger partial charge in [-0.25, -0.2) is 0 Å². The van der Waals surface area contributed by atoms with Crippen LogP contribution >= 0.6 is 0 Å². The van der Waals surface area contributed by atoms with Gasteiger partial charge in [0.1, 0.15) is 5.78 Å². The Labute approximate surface area is 91.1 Å². The van der Waals surface area contributed by atoms with E-state index in [2.05, 4.69) is 4.98 Å². The van der Waals surface area contributed by atoms with Crippen LogP contribution in [0.4, 0.5) is 0 Å². The lowest BCUT2D eigenvalue weighted by molar-refractivity contribution is -0.123. The number of likely N-dealkylation sites (N-methyl/N-ethyl adjacent to an activating group) is 1. The topological polar surface area (TPSA) is 33.2 Å². The first-order valence-electron chi connectivity index (χ1n) is 5.27. The Bertz CT molecular complexity index is 311. The van der Waals surface area contributed by atoms with Gasteiger partial charge in [0.25, 0.3) is 0 Å². The van der Waals surface area contributed by atoms with Gasteiger partial charge < -0.3 is 0 Å². The summed E-state index contributed by atoms with van der Waals surface area (Å²) in [7, 11) is 1.96. The third-order valence-corrected chi connectivity index (χ3v) is 2.63. The molecule has 1 rings (SSSR count). The molecule has 3 nitrogen and oxygen atoms in total. The van der Waals surface area contributed by atoms with Gasteiger partial charge in [0.05, 0.1) is 6.04 Å². The number of carbonyl (C=O) groups excluding carboxylic acids is 1. The van der Waals surface area contributed by atoms with E-state index in [4.69, 9.17) is 0 Å². The first-order valence-corrected chi connectivity index (χ1v) is 5.27. The Kier molecular flexibility index (Phi) is 4.43. The zero-order chi connectivity index (χ0) is 11.3. The van der Waals surface area contributed by atoms with Gasteiger partial charge in [0, 0.05) is 25.4 Å². The van der Waals surface area contributed by atoms with Crippen molar-refractivity contribution in [2.24, 2.45) is 0 Å². The summed E-state index contributed by atoms with van der Waals surface area (Å²) in [4.78, 5) is 17.6. The van der Waals surface area contributed by atoms with Crippen molar-refractivity contribution in [1.29, 1.82) is 0 Å². The van der Waals surface area contributed by atoms with Crippen molar-refractivity contribution in [1.82, 2.24) is 9.88 Å². The number of Topliss-reactive ketones (excluding diaryl/α,β-unsaturated/α-hetero) is 1. The first-order chi connectivity index (χ1) is 7.15. The number of nitrogens with zero attached hydrogens (tertiary/aromatic N) is 2. The average molecular weight is 206 g/mol. The van der Waals surface area contributed by atoms with E-state index in [-0.39, 0.29) is 11.8 Å². The quantitative estimate of drug-likeness (QED) is 0.737. The van der Waals surface area contributed by atoms with E-state index in [1.54, 1.807) is 6.20 Å². The molecule has 0 bridgehead atoms. The van der Waals surface area contributed by atoms with Crippen LogP contribution in [0.1, 0.15) is 25.8 Å². The van der Waals surface area contributed by atoms with E-state index in [1.165, 1.54) is 0 Å². The summed E-state index contributed by atoms with van der Waals surface area (Å²) in [6, 6.07) is 3.91. The third kappa shape index (κ3) is 3.44. The molecule has 0 saturated carbocycles. The standard InChI is InChI=1S/C12H18N2O/c1-4-12(15)10(2)14(3)9-11-6-5-7-13-8-11/h5-8,10H,4,9H2,1-3H3. The second-order valence-corrected chi connectivity index (χ2v) is 3.77. The van der Waals surface area contributed by atoms with Crippen LogP contribution in [-0.2, 0) is 11.3 Å². The van der Waals surface area contributed by atoms with Gasteiger partial charge in [0.2, 0.25) is 0 Å². The van der Waals surface area contributed by atoms with Gasteiger partial charge in [-0.3, -0.25) is 14.7 Å². The van der Waals surface area contributed by atoms with E-state index in [0.29, 0.717) is 6.42 Å². The summed E-state index contributed by atoms with van der Waals surface area (Å²) < 4.78 is 0. The maximum atomic E-state index is 11.5. The van der Waals surface area contributed by atoms with Crippen LogP contribution in [-0.4, -0.2) is 28.8 Å². The molecule has 1 unspecified atom stereocenters. The fourth-order valence-corrected chi connectivity index (χ4v) is 1.46. The van der Waals surface area contributed by atoms with Crippen LogP contribution in [0.2, 0.25) is 0 Å². The molecule has 1 heterocycles. The number of ketones is 1. The Morgan fingerprint density at radius 3 is 2.87 bits per heavy atom. The second kappa shape index (κ2) is 5.61. The van der Waals surface area contributed by atoms with Crippen molar-refractivity contribution in [3.63, 3.8) is 0 Å². The van der Waals surface area contributed by atoms with Gasteiger partial charge >= 0.3 is 0 Å². The average Bonchev–Trinajstić information content (AvgIpc) is 2.28. The minimum absolute atomic E-state index is 0.0183. The molecule has 0 fully saturated rings. The molecular weight excluding hydrogens is 188 g/mol. The van der Waals surface area contributed by atoms with Crippen LogP contribution < -0.4 is 0 Å². The molecule has 0 aliphatic rings. The predicted octanol–water partition coefficient (Wildman–Crippen LogP) is 1.88. The molecule has 82 valence electrons. The van der Waals surface area contributed by atoms with Crippen LogP contribution in [0.15, 0.2) is 24.5 Å². The van der Waals surface area contributed by atoms with Crippen molar-refractivity contribution in [2.75, 3.05) is 7.05 Å². The smallest absolute Gasteiger partial charge is 0.149 e. The van der Waals surface area contributed by atoms with Crippen molar-refractivity contribution < 1.29 is 4.79 Å². The normalized spacial score (nSPS) is 12.8. The Balaban J connectivity index is 2.56. The fourth-order valence-electron chi connectivity index (χ4n) is 1.46. The summed E-state index contributed by atoms with van der Waals surface area (Å²) in [6.07, 6.45) is 4.18. The third-order valence-electron chi connectivity index (χ3n) is 2.63. The SMILES string of the molecule is CCC(=O)C(C)N(C)Cc1cccnc1. The highest BCUT2D eigenvalue weighted by Gasteiger charge is 2.15. The summed E-state index contributed by atoms with van der Waals surface area (Å²) in [6.45, 7) is 4.61. The molecule has 0 aliphatic heterocycles. The molecule has 1 aromatic heterocycles. The summed E-state index contributed by atoms with van der Waals surface area (Å²) in [5.74, 6) is 0.279. The molecule has 0 amide bonds. The van der Waals surface area contributed by atoms with E-state index in [1.807, 2.05) is 44.1 Å². The largest absolute Gasteiger partial charge is 0.298 e. The summed E-state index contributed by atoms with van der Waals surface area (Å²) >= 11 is 0. The Morgan fingerprint density at radius 1 is 1.60 bits per heavy atom. The molecule has 1 aromatic rings. The van der Waals surface area contributed by atoms with Crippen molar-refractivity contribution in [2.45, 2.75) is 32.9 Å². The lowest BCUT2D eigenvalue weighted by Crippen LogP contribution is -2.35. The highest BCUT2D eigenvalue weighted by molar-refractivity contribution is 5.83. The zero-order valence-electron chi connectivity index (χ0n) is 9.60. The van der Waals surface area contributed by atoms with E-state index >= 15 is 0 Å². The van der Waals surface area contributed by atoms with Gasteiger partial charge in [-0.2, -0.15) is 0 Å². The number of hydrogen-bond acceptors (Lipinski definition) is 3. The molecule has 1 atom stereocenters.